The van der Waals surface area contributed by atoms with Crippen LogP contribution in [0.2, 0.25) is 0 Å². The van der Waals surface area contributed by atoms with Crippen molar-refractivity contribution < 1.29 is 0 Å². The molecule has 0 fully saturated rings. The number of benzene rings is 2. The van der Waals surface area contributed by atoms with Gasteiger partial charge in [-0.1, -0.05) is 76.3 Å². The van der Waals surface area contributed by atoms with Gasteiger partial charge in [-0.25, -0.2) is 9.36 Å². The standard InChI is InChI=1S/C23H24N10/c1-3-7-19(8-4-1)12-32-17-22(26-29-32)15-31(14-21-11-24-28-25-21)16-23-18-33(30-27-23)13-20-9-5-2-6-10-20/h1-11,17-18H,12-16H2,(H,24,25,28). The maximum Gasteiger partial charge on any atom is 0.0967 e. The first-order chi connectivity index (χ1) is 16.3. The van der Waals surface area contributed by atoms with E-state index in [1.54, 1.807) is 6.20 Å². The Hall–Kier alpha value is -4.18. The molecule has 166 valence electrons. The molecule has 0 saturated carbocycles. The van der Waals surface area contributed by atoms with Crippen LogP contribution in [0.5, 0.6) is 0 Å². The van der Waals surface area contributed by atoms with Crippen LogP contribution in [0.1, 0.15) is 28.2 Å². The summed E-state index contributed by atoms with van der Waals surface area (Å²) < 4.78 is 3.71. The van der Waals surface area contributed by atoms with Crippen LogP contribution < -0.4 is 0 Å². The third kappa shape index (κ3) is 5.74. The van der Waals surface area contributed by atoms with Crippen LogP contribution in [0.3, 0.4) is 0 Å². The van der Waals surface area contributed by atoms with E-state index in [2.05, 4.69) is 65.2 Å². The second-order valence-electron chi connectivity index (χ2n) is 7.90. The summed E-state index contributed by atoms with van der Waals surface area (Å²) in [6, 6.07) is 20.4. The zero-order chi connectivity index (χ0) is 22.3. The van der Waals surface area contributed by atoms with Gasteiger partial charge in [-0.05, 0) is 11.1 Å². The van der Waals surface area contributed by atoms with Crippen LogP contribution in [-0.2, 0) is 32.7 Å². The summed E-state index contributed by atoms with van der Waals surface area (Å²) in [6.07, 6.45) is 5.76. The Balaban J connectivity index is 1.27. The second kappa shape index (κ2) is 9.96. The van der Waals surface area contributed by atoms with Crippen molar-refractivity contribution in [2.75, 3.05) is 0 Å². The molecule has 5 rings (SSSR count). The van der Waals surface area contributed by atoms with E-state index in [0.29, 0.717) is 32.7 Å². The normalized spacial score (nSPS) is 11.3. The maximum absolute atomic E-state index is 4.37. The highest BCUT2D eigenvalue weighted by Gasteiger charge is 2.14. The summed E-state index contributed by atoms with van der Waals surface area (Å²) in [6.45, 7) is 3.18. The largest absolute Gasteiger partial charge is 0.285 e. The molecule has 10 nitrogen and oxygen atoms in total. The van der Waals surface area contributed by atoms with Gasteiger partial charge in [-0.3, -0.25) is 10.00 Å². The zero-order valence-electron chi connectivity index (χ0n) is 18.1. The summed E-state index contributed by atoms with van der Waals surface area (Å²) in [5, 5.41) is 28.1. The smallest absolute Gasteiger partial charge is 0.0967 e. The Labute approximate surface area is 190 Å². The molecule has 3 heterocycles. The average molecular weight is 441 g/mol. The minimum absolute atomic E-state index is 0.604. The number of aromatic amines is 1. The van der Waals surface area contributed by atoms with Gasteiger partial charge in [-0.15, -0.1) is 15.3 Å². The molecule has 3 aromatic heterocycles. The van der Waals surface area contributed by atoms with Gasteiger partial charge in [0, 0.05) is 25.8 Å². The molecule has 0 aliphatic rings. The number of hydrogen-bond donors (Lipinski definition) is 1. The molecule has 33 heavy (non-hydrogen) atoms. The first kappa shape index (κ1) is 20.7. The Bertz CT molecular complexity index is 1160. The maximum atomic E-state index is 4.37. The summed E-state index contributed by atoms with van der Waals surface area (Å²) in [5.41, 5.74) is 4.98. The average Bonchev–Trinajstić information content (AvgIpc) is 3.59. The summed E-state index contributed by atoms with van der Waals surface area (Å²) in [7, 11) is 0. The van der Waals surface area contributed by atoms with Crippen LogP contribution in [0.15, 0.2) is 79.3 Å². The molecular weight excluding hydrogens is 416 g/mol. The van der Waals surface area contributed by atoms with Crippen molar-refractivity contribution >= 4 is 0 Å². The van der Waals surface area contributed by atoms with Crippen LogP contribution in [0.25, 0.3) is 0 Å². The Kier molecular flexibility index (Phi) is 6.25. The fraction of sp³-hybridized carbons (Fsp3) is 0.217. The lowest BCUT2D eigenvalue weighted by molar-refractivity contribution is 0.238. The van der Waals surface area contributed by atoms with Crippen LogP contribution >= 0.6 is 0 Å². The van der Waals surface area contributed by atoms with E-state index in [9.17, 15) is 0 Å². The fourth-order valence-corrected chi connectivity index (χ4v) is 3.68. The minimum Gasteiger partial charge on any atom is -0.285 e. The molecule has 0 spiro atoms. The molecule has 0 amide bonds. The highest BCUT2D eigenvalue weighted by atomic mass is 15.4. The second-order valence-corrected chi connectivity index (χ2v) is 7.90. The summed E-state index contributed by atoms with van der Waals surface area (Å²) >= 11 is 0. The lowest BCUT2D eigenvalue weighted by Crippen LogP contribution is -2.23. The van der Waals surface area contributed by atoms with Crippen molar-refractivity contribution in [2.24, 2.45) is 0 Å². The monoisotopic (exact) mass is 440 g/mol. The highest BCUT2D eigenvalue weighted by molar-refractivity contribution is 5.16. The van der Waals surface area contributed by atoms with E-state index in [0.717, 1.165) is 17.1 Å². The summed E-state index contributed by atoms with van der Waals surface area (Å²) in [5.74, 6) is 0. The van der Waals surface area contributed by atoms with Crippen molar-refractivity contribution in [3.8, 4) is 0 Å². The fourth-order valence-electron chi connectivity index (χ4n) is 3.68. The van der Waals surface area contributed by atoms with E-state index in [-0.39, 0.29) is 0 Å². The molecule has 0 unspecified atom stereocenters. The van der Waals surface area contributed by atoms with Crippen LogP contribution in [0.4, 0.5) is 0 Å². The van der Waals surface area contributed by atoms with Crippen molar-refractivity contribution in [2.45, 2.75) is 32.7 Å². The first-order valence-corrected chi connectivity index (χ1v) is 10.7. The van der Waals surface area contributed by atoms with Crippen LogP contribution in [-0.4, -0.2) is 50.3 Å². The van der Waals surface area contributed by atoms with Crippen LogP contribution in [0, 0.1) is 0 Å². The quantitative estimate of drug-likeness (QED) is 0.355. The van der Waals surface area contributed by atoms with Crippen molar-refractivity contribution in [1.82, 2.24) is 50.3 Å². The molecule has 1 N–H and O–H groups in total. The van der Waals surface area contributed by atoms with E-state index >= 15 is 0 Å². The van der Waals surface area contributed by atoms with E-state index in [1.807, 2.05) is 58.2 Å². The molecule has 2 aromatic carbocycles. The van der Waals surface area contributed by atoms with Crippen molar-refractivity contribution in [3.63, 3.8) is 0 Å². The molecule has 0 aliphatic heterocycles. The lowest BCUT2D eigenvalue weighted by Gasteiger charge is -2.18. The van der Waals surface area contributed by atoms with Gasteiger partial charge in [0.25, 0.3) is 0 Å². The number of aromatic nitrogens is 9. The SMILES string of the molecule is c1ccc(Cn2cc(CN(Cc3c[nH]nn3)Cc3cn(Cc4ccccc4)nn3)nn2)cc1. The van der Waals surface area contributed by atoms with E-state index in [1.165, 1.54) is 11.1 Å². The zero-order valence-corrected chi connectivity index (χ0v) is 18.1. The predicted molar refractivity (Wildman–Crippen MR) is 120 cm³/mol. The third-order valence-corrected chi connectivity index (χ3v) is 5.17. The summed E-state index contributed by atoms with van der Waals surface area (Å²) in [4.78, 5) is 2.20. The Morgan fingerprint density at radius 3 is 1.64 bits per heavy atom. The Morgan fingerprint density at radius 2 is 1.15 bits per heavy atom. The lowest BCUT2D eigenvalue weighted by atomic mass is 10.2. The van der Waals surface area contributed by atoms with Gasteiger partial charge in [0.05, 0.1) is 42.6 Å². The molecular formula is C23H24N10. The van der Waals surface area contributed by atoms with Crippen molar-refractivity contribution in [1.29, 1.82) is 0 Å². The number of hydrogen-bond acceptors (Lipinski definition) is 7. The van der Waals surface area contributed by atoms with Gasteiger partial charge in [-0.2, -0.15) is 0 Å². The molecule has 0 atom stereocenters. The number of nitrogens with zero attached hydrogens (tertiary/aromatic N) is 9. The highest BCUT2D eigenvalue weighted by Crippen LogP contribution is 2.11. The molecule has 0 bridgehead atoms. The molecule has 0 radical (unpaired) electrons. The van der Waals surface area contributed by atoms with E-state index < -0.39 is 0 Å². The van der Waals surface area contributed by atoms with Crippen molar-refractivity contribution in [3.05, 3.63) is 107 Å². The topological polar surface area (TPSA) is 106 Å². The predicted octanol–water partition coefficient (Wildman–Crippen LogP) is 2.29. The van der Waals surface area contributed by atoms with Gasteiger partial charge in [0.1, 0.15) is 0 Å². The first-order valence-electron chi connectivity index (χ1n) is 10.7. The number of nitrogens with one attached hydrogen (secondary N) is 1. The van der Waals surface area contributed by atoms with Gasteiger partial charge >= 0.3 is 0 Å². The number of H-pyrrole nitrogens is 1. The molecule has 10 heteroatoms. The van der Waals surface area contributed by atoms with E-state index in [4.69, 9.17) is 0 Å². The molecule has 0 saturated heterocycles. The molecule has 0 aliphatic carbocycles. The van der Waals surface area contributed by atoms with Gasteiger partial charge in [0.2, 0.25) is 0 Å². The van der Waals surface area contributed by atoms with Gasteiger partial charge in [0.15, 0.2) is 0 Å². The Morgan fingerprint density at radius 1 is 0.636 bits per heavy atom. The minimum atomic E-state index is 0.604. The third-order valence-electron chi connectivity index (χ3n) is 5.17. The number of rotatable bonds is 10. The van der Waals surface area contributed by atoms with Gasteiger partial charge < -0.3 is 0 Å². The molecule has 5 aromatic rings.